The van der Waals surface area contributed by atoms with Crippen LogP contribution < -0.4 is 11.1 Å². The molecule has 0 aromatic carbocycles. The van der Waals surface area contributed by atoms with Gasteiger partial charge in [0.15, 0.2) is 25.3 Å². The molecule has 3 rings (SSSR count). The van der Waals surface area contributed by atoms with Crippen LogP contribution in [0.2, 0.25) is 18.1 Å². The van der Waals surface area contributed by atoms with Gasteiger partial charge in [0.1, 0.15) is 6.33 Å². The quantitative estimate of drug-likeness (QED) is 0.625. The number of rotatable bonds is 6. The molecule has 3 N–H and O–H groups in total. The van der Waals surface area contributed by atoms with Crippen molar-refractivity contribution in [1.82, 2.24) is 24.5 Å². The van der Waals surface area contributed by atoms with Crippen LogP contribution in [0.25, 0.3) is 11.2 Å². The molecule has 0 bridgehead atoms. The van der Waals surface area contributed by atoms with Crippen LogP contribution in [-0.4, -0.2) is 39.4 Å². The SMILES string of the molecule is CC(C)(C)[Si](C)(C)OCCn1c(Nc2cccnc2)nc2c(N)ncnc21. The topological polar surface area (TPSA) is 104 Å². The Morgan fingerprint density at radius 3 is 2.70 bits per heavy atom. The molecule has 0 aliphatic carbocycles. The van der Waals surface area contributed by atoms with Crippen LogP contribution in [0, 0.1) is 0 Å². The largest absolute Gasteiger partial charge is 0.415 e. The summed E-state index contributed by atoms with van der Waals surface area (Å²) in [5.41, 5.74) is 8.10. The van der Waals surface area contributed by atoms with E-state index in [-0.39, 0.29) is 5.04 Å². The van der Waals surface area contributed by atoms with Crippen molar-refractivity contribution in [3.05, 3.63) is 30.9 Å². The Balaban J connectivity index is 1.88. The zero-order valence-electron chi connectivity index (χ0n) is 16.5. The third-order valence-electron chi connectivity index (χ3n) is 5.06. The van der Waals surface area contributed by atoms with Crippen LogP contribution in [0.1, 0.15) is 20.8 Å². The van der Waals surface area contributed by atoms with E-state index in [9.17, 15) is 0 Å². The van der Waals surface area contributed by atoms with Crippen molar-refractivity contribution < 1.29 is 4.43 Å². The van der Waals surface area contributed by atoms with Crippen molar-refractivity contribution in [1.29, 1.82) is 0 Å². The number of anilines is 3. The summed E-state index contributed by atoms with van der Waals surface area (Å²) >= 11 is 0. The van der Waals surface area contributed by atoms with E-state index in [1.54, 1.807) is 12.4 Å². The number of fused-ring (bicyclic) bond motifs is 1. The highest BCUT2D eigenvalue weighted by Crippen LogP contribution is 2.36. The minimum absolute atomic E-state index is 0.160. The Labute approximate surface area is 160 Å². The van der Waals surface area contributed by atoms with Gasteiger partial charge in [-0.1, -0.05) is 20.8 Å². The van der Waals surface area contributed by atoms with Gasteiger partial charge in [0.05, 0.1) is 18.5 Å². The maximum absolute atomic E-state index is 6.33. The standard InChI is InChI=1S/C18H27N7OSi/c1-18(2,3)27(4,5)26-10-9-25-16-14(15(19)21-12-22-16)24-17(25)23-13-7-6-8-20-11-13/h6-8,11-12H,9-10H2,1-5H3,(H,23,24)(H2,19,21,22). The van der Waals surface area contributed by atoms with E-state index < -0.39 is 8.32 Å². The Kier molecular flexibility index (Phi) is 5.16. The zero-order valence-corrected chi connectivity index (χ0v) is 17.5. The number of hydrogen-bond donors (Lipinski definition) is 2. The van der Waals surface area contributed by atoms with Crippen molar-refractivity contribution in [2.75, 3.05) is 17.7 Å². The van der Waals surface area contributed by atoms with Crippen LogP contribution in [0.3, 0.4) is 0 Å². The molecule has 3 aromatic heterocycles. The maximum Gasteiger partial charge on any atom is 0.209 e. The first-order chi connectivity index (χ1) is 12.7. The minimum atomic E-state index is -1.83. The Morgan fingerprint density at radius 1 is 1.26 bits per heavy atom. The molecule has 9 heteroatoms. The fourth-order valence-corrected chi connectivity index (χ4v) is 3.47. The summed E-state index contributed by atoms with van der Waals surface area (Å²) in [6.45, 7) is 12.4. The molecule has 144 valence electrons. The van der Waals surface area contributed by atoms with Crippen LogP contribution in [0.5, 0.6) is 0 Å². The lowest BCUT2D eigenvalue weighted by atomic mass is 10.2. The second-order valence-corrected chi connectivity index (χ2v) is 12.8. The van der Waals surface area contributed by atoms with Gasteiger partial charge in [-0.3, -0.25) is 9.55 Å². The summed E-state index contributed by atoms with van der Waals surface area (Å²) in [5.74, 6) is 1.00. The number of hydrogen-bond acceptors (Lipinski definition) is 7. The molecule has 0 atom stereocenters. The fraction of sp³-hybridized carbons (Fsp3) is 0.444. The Hall–Kier alpha value is -2.52. The summed E-state index contributed by atoms with van der Waals surface area (Å²) in [5, 5.41) is 3.45. The van der Waals surface area contributed by atoms with E-state index in [1.165, 1.54) is 6.33 Å². The summed E-state index contributed by atoms with van der Waals surface area (Å²) in [4.78, 5) is 17.2. The average Bonchev–Trinajstić information content (AvgIpc) is 2.94. The van der Waals surface area contributed by atoms with Crippen molar-refractivity contribution in [3.8, 4) is 0 Å². The van der Waals surface area contributed by atoms with E-state index in [0.29, 0.717) is 36.1 Å². The zero-order chi connectivity index (χ0) is 19.7. The van der Waals surface area contributed by atoms with E-state index in [4.69, 9.17) is 10.2 Å². The van der Waals surface area contributed by atoms with Gasteiger partial charge in [-0.05, 0) is 30.3 Å². The van der Waals surface area contributed by atoms with Gasteiger partial charge < -0.3 is 15.5 Å². The van der Waals surface area contributed by atoms with E-state index in [2.05, 4.69) is 59.1 Å². The van der Waals surface area contributed by atoms with Gasteiger partial charge in [0, 0.05) is 12.7 Å². The summed E-state index contributed by atoms with van der Waals surface area (Å²) in [7, 11) is -1.83. The number of pyridine rings is 1. The minimum Gasteiger partial charge on any atom is -0.415 e. The number of nitrogens with zero attached hydrogens (tertiary/aromatic N) is 5. The monoisotopic (exact) mass is 385 g/mol. The van der Waals surface area contributed by atoms with Gasteiger partial charge in [0.2, 0.25) is 5.95 Å². The molecule has 0 aliphatic rings. The first-order valence-corrected chi connectivity index (χ1v) is 11.9. The predicted molar refractivity (Wildman–Crippen MR) is 110 cm³/mol. The first-order valence-electron chi connectivity index (χ1n) is 8.97. The van der Waals surface area contributed by atoms with Crippen LogP contribution in [0.15, 0.2) is 30.9 Å². The van der Waals surface area contributed by atoms with Crippen molar-refractivity contribution >= 4 is 36.9 Å². The number of nitrogens with two attached hydrogens (primary N) is 1. The summed E-state index contributed by atoms with van der Waals surface area (Å²) < 4.78 is 8.31. The molecule has 0 saturated heterocycles. The molecule has 0 aliphatic heterocycles. The van der Waals surface area contributed by atoms with Crippen LogP contribution in [0.4, 0.5) is 17.5 Å². The van der Waals surface area contributed by atoms with E-state index in [0.717, 1.165) is 5.69 Å². The smallest absolute Gasteiger partial charge is 0.209 e. The van der Waals surface area contributed by atoms with Gasteiger partial charge in [-0.15, -0.1) is 0 Å². The van der Waals surface area contributed by atoms with Gasteiger partial charge in [-0.2, -0.15) is 0 Å². The second-order valence-electron chi connectivity index (χ2n) is 7.99. The second kappa shape index (κ2) is 7.24. The third-order valence-corrected chi connectivity index (χ3v) is 9.60. The lowest BCUT2D eigenvalue weighted by Gasteiger charge is -2.36. The number of imidazole rings is 1. The number of nitrogen functional groups attached to an aromatic ring is 1. The van der Waals surface area contributed by atoms with E-state index >= 15 is 0 Å². The Bertz CT molecular complexity index is 919. The molecule has 3 heterocycles. The molecule has 3 aromatic rings. The van der Waals surface area contributed by atoms with Crippen molar-refractivity contribution in [2.45, 2.75) is 45.4 Å². The van der Waals surface area contributed by atoms with Gasteiger partial charge in [0.25, 0.3) is 0 Å². The summed E-state index contributed by atoms with van der Waals surface area (Å²) in [6, 6.07) is 3.79. The fourth-order valence-electron chi connectivity index (χ4n) is 2.44. The molecular weight excluding hydrogens is 358 g/mol. The maximum atomic E-state index is 6.33. The Morgan fingerprint density at radius 2 is 2.04 bits per heavy atom. The van der Waals surface area contributed by atoms with Crippen molar-refractivity contribution in [3.63, 3.8) is 0 Å². The molecule has 0 unspecified atom stereocenters. The average molecular weight is 386 g/mol. The van der Waals surface area contributed by atoms with Gasteiger partial charge >= 0.3 is 0 Å². The van der Waals surface area contributed by atoms with Crippen LogP contribution in [-0.2, 0) is 11.0 Å². The molecule has 0 radical (unpaired) electrons. The van der Waals surface area contributed by atoms with Crippen molar-refractivity contribution in [2.24, 2.45) is 0 Å². The number of nitrogens with one attached hydrogen (secondary N) is 1. The lowest BCUT2D eigenvalue weighted by Crippen LogP contribution is -2.41. The number of aromatic nitrogens is 5. The highest BCUT2D eigenvalue weighted by Gasteiger charge is 2.37. The molecule has 0 amide bonds. The summed E-state index contributed by atoms with van der Waals surface area (Å²) in [6.07, 6.45) is 4.92. The molecule has 8 nitrogen and oxygen atoms in total. The third kappa shape index (κ3) is 4.09. The molecular formula is C18H27N7OSi. The molecule has 0 saturated carbocycles. The first kappa shape index (κ1) is 19.2. The van der Waals surface area contributed by atoms with Crippen LogP contribution >= 0.6 is 0 Å². The molecule has 0 spiro atoms. The normalized spacial score (nSPS) is 12.5. The van der Waals surface area contributed by atoms with Gasteiger partial charge in [-0.25, -0.2) is 15.0 Å². The predicted octanol–water partition coefficient (Wildman–Crippen LogP) is 3.57. The van der Waals surface area contributed by atoms with E-state index in [1.807, 2.05) is 16.7 Å². The lowest BCUT2D eigenvalue weighted by molar-refractivity contribution is 0.274. The molecule has 27 heavy (non-hydrogen) atoms. The molecule has 0 fully saturated rings. The highest BCUT2D eigenvalue weighted by atomic mass is 28.4. The highest BCUT2D eigenvalue weighted by molar-refractivity contribution is 6.74.